The lowest BCUT2D eigenvalue weighted by Crippen LogP contribution is -2.48. The number of rotatable bonds is 4. The van der Waals surface area contributed by atoms with Crippen molar-refractivity contribution in [1.82, 2.24) is 5.16 Å². The number of hydrogen-bond acceptors (Lipinski definition) is 4. The van der Waals surface area contributed by atoms with Gasteiger partial charge in [0.05, 0.1) is 5.69 Å². The first kappa shape index (κ1) is 12.7. The van der Waals surface area contributed by atoms with E-state index < -0.39 is 0 Å². The molecule has 4 fully saturated rings. The molecule has 1 aromatic heterocycles. The third kappa shape index (κ3) is 1.88. The van der Waals surface area contributed by atoms with Crippen molar-refractivity contribution in [3.8, 4) is 0 Å². The van der Waals surface area contributed by atoms with Crippen molar-refractivity contribution in [2.75, 3.05) is 25.0 Å². The summed E-state index contributed by atoms with van der Waals surface area (Å²) in [4.78, 5) is 2.07. The molecular formula is C16H25N3O. The normalized spacial score (nSPS) is 38.4. The van der Waals surface area contributed by atoms with Gasteiger partial charge in [-0.05, 0) is 56.3 Å². The van der Waals surface area contributed by atoms with Crippen LogP contribution in [0, 0.1) is 17.8 Å². The van der Waals surface area contributed by atoms with Crippen molar-refractivity contribution in [3.05, 3.63) is 11.8 Å². The monoisotopic (exact) mass is 275 g/mol. The van der Waals surface area contributed by atoms with Crippen LogP contribution in [0.15, 0.2) is 10.6 Å². The van der Waals surface area contributed by atoms with Crippen LogP contribution in [0.2, 0.25) is 0 Å². The first-order chi connectivity index (χ1) is 9.68. The van der Waals surface area contributed by atoms with E-state index >= 15 is 0 Å². The van der Waals surface area contributed by atoms with Crippen LogP contribution in [0.4, 0.5) is 5.88 Å². The summed E-state index contributed by atoms with van der Waals surface area (Å²) in [7, 11) is 2.02. The SMILES string of the molecule is CN(CCN)c1cc(C23CC4CC(CC(C4)C2)C3)no1. The van der Waals surface area contributed by atoms with Gasteiger partial charge in [0, 0.05) is 31.6 Å². The van der Waals surface area contributed by atoms with Crippen LogP contribution in [0.3, 0.4) is 0 Å². The van der Waals surface area contributed by atoms with Gasteiger partial charge >= 0.3 is 0 Å². The molecule has 110 valence electrons. The third-order valence-electron chi connectivity index (χ3n) is 5.92. The van der Waals surface area contributed by atoms with Crippen LogP contribution in [-0.4, -0.2) is 25.3 Å². The molecule has 1 aromatic rings. The van der Waals surface area contributed by atoms with Gasteiger partial charge in [0.1, 0.15) is 0 Å². The highest BCUT2D eigenvalue weighted by molar-refractivity contribution is 5.38. The minimum atomic E-state index is 0.333. The van der Waals surface area contributed by atoms with E-state index in [2.05, 4.69) is 16.1 Å². The Morgan fingerprint density at radius 3 is 2.40 bits per heavy atom. The molecule has 0 atom stereocenters. The molecule has 0 unspecified atom stereocenters. The van der Waals surface area contributed by atoms with Gasteiger partial charge in [0.2, 0.25) is 5.88 Å². The van der Waals surface area contributed by atoms with E-state index in [-0.39, 0.29) is 0 Å². The molecule has 0 aliphatic heterocycles. The summed E-state index contributed by atoms with van der Waals surface area (Å²) in [6.07, 6.45) is 8.42. The summed E-state index contributed by atoms with van der Waals surface area (Å²) in [5.74, 6) is 3.72. The van der Waals surface area contributed by atoms with Crippen molar-refractivity contribution in [3.63, 3.8) is 0 Å². The summed E-state index contributed by atoms with van der Waals surface area (Å²) in [6, 6.07) is 2.18. The molecule has 0 aromatic carbocycles. The number of anilines is 1. The molecule has 4 saturated carbocycles. The molecule has 2 N–H and O–H groups in total. The van der Waals surface area contributed by atoms with Gasteiger partial charge in [0.25, 0.3) is 0 Å². The number of hydrogen-bond donors (Lipinski definition) is 1. The summed E-state index contributed by atoms with van der Waals surface area (Å²) in [5, 5.41) is 4.45. The third-order valence-corrected chi connectivity index (χ3v) is 5.92. The number of aromatic nitrogens is 1. The Balaban J connectivity index is 1.61. The predicted molar refractivity (Wildman–Crippen MR) is 78.7 cm³/mol. The summed E-state index contributed by atoms with van der Waals surface area (Å²) < 4.78 is 5.59. The second kappa shape index (κ2) is 4.48. The summed E-state index contributed by atoms with van der Waals surface area (Å²) in [5.41, 5.74) is 7.17. The molecule has 20 heavy (non-hydrogen) atoms. The molecule has 1 heterocycles. The maximum absolute atomic E-state index is 5.62. The van der Waals surface area contributed by atoms with Gasteiger partial charge in [-0.1, -0.05) is 5.16 Å². The molecule has 4 bridgehead atoms. The molecule has 5 rings (SSSR count). The smallest absolute Gasteiger partial charge is 0.227 e. The fourth-order valence-electron chi connectivity index (χ4n) is 5.42. The number of likely N-dealkylation sites (N-methyl/N-ethyl adjacent to an activating group) is 1. The zero-order valence-corrected chi connectivity index (χ0v) is 12.3. The predicted octanol–water partition coefficient (Wildman–Crippen LogP) is 2.54. The maximum atomic E-state index is 5.62. The van der Waals surface area contributed by atoms with Crippen LogP contribution >= 0.6 is 0 Å². The molecule has 0 amide bonds. The maximum Gasteiger partial charge on any atom is 0.227 e. The largest absolute Gasteiger partial charge is 0.342 e. The van der Waals surface area contributed by atoms with E-state index in [1.54, 1.807) is 0 Å². The van der Waals surface area contributed by atoms with Crippen LogP contribution in [-0.2, 0) is 5.41 Å². The van der Waals surface area contributed by atoms with E-state index in [1.165, 1.54) is 44.2 Å². The Labute approximate surface area is 120 Å². The van der Waals surface area contributed by atoms with E-state index in [4.69, 9.17) is 10.3 Å². The zero-order chi connectivity index (χ0) is 13.7. The Kier molecular flexibility index (Phi) is 2.85. The van der Waals surface area contributed by atoms with Gasteiger partial charge in [-0.2, -0.15) is 0 Å². The molecule has 4 heteroatoms. The average molecular weight is 275 g/mol. The lowest BCUT2D eigenvalue weighted by atomic mass is 9.49. The minimum absolute atomic E-state index is 0.333. The van der Waals surface area contributed by atoms with Crippen LogP contribution < -0.4 is 10.6 Å². The lowest BCUT2D eigenvalue weighted by Gasteiger charge is -2.56. The molecule has 4 aliphatic carbocycles. The quantitative estimate of drug-likeness (QED) is 0.917. The van der Waals surface area contributed by atoms with Crippen molar-refractivity contribution in [1.29, 1.82) is 0 Å². The molecule has 0 saturated heterocycles. The number of nitrogens with zero attached hydrogens (tertiary/aromatic N) is 2. The topological polar surface area (TPSA) is 55.3 Å². The van der Waals surface area contributed by atoms with Gasteiger partial charge in [-0.3, -0.25) is 0 Å². The van der Waals surface area contributed by atoms with Crippen LogP contribution in [0.5, 0.6) is 0 Å². The Hall–Kier alpha value is -1.03. The summed E-state index contributed by atoms with van der Waals surface area (Å²) >= 11 is 0. The van der Waals surface area contributed by atoms with Crippen molar-refractivity contribution < 1.29 is 4.52 Å². The zero-order valence-electron chi connectivity index (χ0n) is 12.3. The Morgan fingerprint density at radius 1 is 1.25 bits per heavy atom. The molecule has 4 nitrogen and oxygen atoms in total. The fourth-order valence-corrected chi connectivity index (χ4v) is 5.42. The van der Waals surface area contributed by atoms with Crippen LogP contribution in [0.1, 0.15) is 44.2 Å². The Bertz CT molecular complexity index is 460. The van der Waals surface area contributed by atoms with Gasteiger partial charge in [-0.15, -0.1) is 0 Å². The minimum Gasteiger partial charge on any atom is -0.342 e. The highest BCUT2D eigenvalue weighted by Crippen LogP contribution is 2.60. The van der Waals surface area contributed by atoms with Crippen molar-refractivity contribution in [2.24, 2.45) is 23.5 Å². The van der Waals surface area contributed by atoms with Gasteiger partial charge < -0.3 is 15.2 Å². The standard InChI is InChI=1S/C16H25N3O/c1-19(3-2-17)15-7-14(18-20-15)16-8-11-4-12(9-16)6-13(5-11)10-16/h7,11-13H,2-6,8-10,17H2,1H3. The van der Waals surface area contributed by atoms with Gasteiger partial charge in [-0.25, -0.2) is 0 Å². The Morgan fingerprint density at radius 2 is 1.85 bits per heavy atom. The number of nitrogens with two attached hydrogens (primary N) is 1. The van der Waals surface area contributed by atoms with E-state index in [9.17, 15) is 0 Å². The highest BCUT2D eigenvalue weighted by Gasteiger charge is 2.53. The first-order valence-electron chi connectivity index (χ1n) is 8.07. The second-order valence-corrected chi connectivity index (χ2v) is 7.46. The van der Waals surface area contributed by atoms with E-state index in [1.807, 2.05) is 7.05 Å². The van der Waals surface area contributed by atoms with Crippen molar-refractivity contribution in [2.45, 2.75) is 43.9 Å². The van der Waals surface area contributed by atoms with Gasteiger partial charge in [0.15, 0.2) is 0 Å². The average Bonchev–Trinajstić information content (AvgIpc) is 2.87. The highest BCUT2D eigenvalue weighted by atomic mass is 16.5. The lowest BCUT2D eigenvalue weighted by molar-refractivity contribution is -0.00845. The van der Waals surface area contributed by atoms with E-state index in [0.717, 1.165) is 30.2 Å². The van der Waals surface area contributed by atoms with Crippen molar-refractivity contribution >= 4 is 5.88 Å². The second-order valence-electron chi connectivity index (χ2n) is 7.46. The van der Waals surface area contributed by atoms with E-state index in [0.29, 0.717) is 12.0 Å². The molecule has 0 spiro atoms. The molecular weight excluding hydrogens is 250 g/mol. The van der Waals surface area contributed by atoms with Crippen LogP contribution in [0.25, 0.3) is 0 Å². The summed E-state index contributed by atoms with van der Waals surface area (Å²) in [6.45, 7) is 1.46. The fraction of sp³-hybridized carbons (Fsp3) is 0.812. The molecule has 4 aliphatic rings. The molecule has 0 radical (unpaired) electrons. The first-order valence-corrected chi connectivity index (χ1v) is 8.07.